The van der Waals surface area contributed by atoms with Crippen molar-refractivity contribution in [2.75, 3.05) is 13.2 Å². The van der Waals surface area contributed by atoms with E-state index in [-0.39, 0.29) is 18.4 Å². The first-order chi connectivity index (χ1) is 8.13. The molecule has 1 unspecified atom stereocenters. The van der Waals surface area contributed by atoms with E-state index in [1.807, 2.05) is 0 Å². The van der Waals surface area contributed by atoms with E-state index in [0.717, 1.165) is 25.7 Å². The zero-order valence-electron chi connectivity index (χ0n) is 11.0. The van der Waals surface area contributed by atoms with Crippen LogP contribution < -0.4 is 5.32 Å². The van der Waals surface area contributed by atoms with Crippen molar-refractivity contribution < 1.29 is 9.90 Å². The molecule has 3 heteroatoms. The van der Waals surface area contributed by atoms with Gasteiger partial charge in [0.2, 0.25) is 5.91 Å². The van der Waals surface area contributed by atoms with Crippen molar-refractivity contribution in [1.29, 1.82) is 0 Å². The highest BCUT2D eigenvalue weighted by molar-refractivity contribution is 5.79. The summed E-state index contributed by atoms with van der Waals surface area (Å²) in [5.41, 5.74) is 0. The maximum Gasteiger partial charge on any atom is 0.223 e. The fourth-order valence-corrected chi connectivity index (χ4v) is 2.37. The van der Waals surface area contributed by atoms with E-state index in [1.165, 1.54) is 0 Å². The summed E-state index contributed by atoms with van der Waals surface area (Å²) in [5.74, 6) is 1.32. The van der Waals surface area contributed by atoms with Crippen molar-refractivity contribution in [3.63, 3.8) is 0 Å². The Morgan fingerprint density at radius 2 is 2.06 bits per heavy atom. The Labute approximate surface area is 104 Å². The number of carbonyl (C=O) groups is 1. The average Bonchev–Trinajstić information content (AvgIpc) is 2.78. The molecular weight excluding hydrogens is 214 g/mol. The third-order valence-corrected chi connectivity index (χ3v) is 3.29. The molecule has 1 rings (SSSR count). The van der Waals surface area contributed by atoms with Gasteiger partial charge in [0, 0.05) is 19.1 Å². The maximum atomic E-state index is 11.8. The lowest BCUT2D eigenvalue weighted by Gasteiger charge is -2.19. The summed E-state index contributed by atoms with van der Waals surface area (Å²) in [4.78, 5) is 11.8. The average molecular weight is 239 g/mol. The first kappa shape index (κ1) is 14.2. The predicted molar refractivity (Wildman–Crippen MR) is 69.5 cm³/mol. The van der Waals surface area contributed by atoms with Gasteiger partial charge >= 0.3 is 0 Å². The van der Waals surface area contributed by atoms with Gasteiger partial charge < -0.3 is 10.4 Å². The lowest BCUT2D eigenvalue weighted by atomic mass is 9.94. The van der Waals surface area contributed by atoms with Crippen molar-refractivity contribution in [3.8, 4) is 0 Å². The molecule has 0 aliphatic heterocycles. The predicted octanol–water partition coefficient (Wildman–Crippen LogP) is 2.11. The number of hydrogen-bond donors (Lipinski definition) is 2. The zero-order valence-corrected chi connectivity index (χ0v) is 11.0. The van der Waals surface area contributed by atoms with Crippen LogP contribution in [0.2, 0.25) is 0 Å². The van der Waals surface area contributed by atoms with Gasteiger partial charge in [-0.15, -0.1) is 0 Å². The van der Waals surface area contributed by atoms with Gasteiger partial charge in [-0.25, -0.2) is 0 Å². The van der Waals surface area contributed by atoms with E-state index in [1.54, 1.807) is 0 Å². The Morgan fingerprint density at radius 1 is 1.41 bits per heavy atom. The molecule has 0 aromatic carbocycles. The second kappa shape index (κ2) is 7.49. The quantitative estimate of drug-likeness (QED) is 0.669. The van der Waals surface area contributed by atoms with Crippen molar-refractivity contribution in [3.05, 3.63) is 12.2 Å². The van der Waals surface area contributed by atoms with E-state index in [4.69, 9.17) is 5.11 Å². The first-order valence-electron chi connectivity index (χ1n) is 6.67. The molecule has 1 aliphatic carbocycles. The van der Waals surface area contributed by atoms with E-state index in [9.17, 15) is 4.79 Å². The Balaban J connectivity index is 2.27. The number of rotatable bonds is 7. The van der Waals surface area contributed by atoms with Gasteiger partial charge in [0.25, 0.3) is 0 Å². The van der Waals surface area contributed by atoms with Crippen LogP contribution in [0.5, 0.6) is 0 Å². The van der Waals surface area contributed by atoms with Crippen molar-refractivity contribution >= 4 is 5.91 Å². The van der Waals surface area contributed by atoms with Gasteiger partial charge in [0.1, 0.15) is 0 Å². The third kappa shape index (κ3) is 5.35. The smallest absolute Gasteiger partial charge is 0.223 e. The van der Waals surface area contributed by atoms with Crippen molar-refractivity contribution in [2.24, 2.45) is 17.8 Å². The molecule has 1 atom stereocenters. The van der Waals surface area contributed by atoms with Crippen LogP contribution in [0.15, 0.2) is 12.2 Å². The summed E-state index contributed by atoms with van der Waals surface area (Å²) in [6.45, 7) is 5.26. The Kier molecular flexibility index (Phi) is 6.27. The molecular formula is C14H25NO2. The third-order valence-electron chi connectivity index (χ3n) is 3.29. The molecule has 2 N–H and O–H groups in total. The SMILES string of the molecule is CC(C)CC(CCO)CNC(=O)C1CC=CC1. The van der Waals surface area contributed by atoms with Crippen molar-refractivity contribution in [2.45, 2.75) is 39.5 Å². The molecule has 0 saturated carbocycles. The highest BCUT2D eigenvalue weighted by Crippen LogP contribution is 2.18. The highest BCUT2D eigenvalue weighted by atomic mass is 16.3. The number of allylic oxidation sites excluding steroid dienone is 2. The van der Waals surface area contributed by atoms with Gasteiger partial charge in [0.15, 0.2) is 0 Å². The van der Waals surface area contributed by atoms with Gasteiger partial charge in [-0.2, -0.15) is 0 Å². The first-order valence-corrected chi connectivity index (χ1v) is 6.67. The fourth-order valence-electron chi connectivity index (χ4n) is 2.37. The van der Waals surface area contributed by atoms with E-state index < -0.39 is 0 Å². The molecule has 1 aliphatic rings. The minimum atomic E-state index is 0.142. The van der Waals surface area contributed by atoms with E-state index in [0.29, 0.717) is 18.4 Å². The number of aliphatic hydroxyl groups excluding tert-OH is 1. The fraction of sp³-hybridized carbons (Fsp3) is 0.786. The molecule has 17 heavy (non-hydrogen) atoms. The zero-order chi connectivity index (χ0) is 12.7. The standard InChI is InChI=1S/C14H25NO2/c1-11(2)9-12(7-8-16)10-15-14(17)13-5-3-4-6-13/h3-4,11-13,16H,5-10H2,1-2H3,(H,15,17). The van der Waals surface area contributed by atoms with Gasteiger partial charge in [0.05, 0.1) is 0 Å². The van der Waals surface area contributed by atoms with Gasteiger partial charge in [-0.3, -0.25) is 4.79 Å². The molecule has 0 aromatic rings. The second-order valence-electron chi connectivity index (χ2n) is 5.39. The molecule has 0 bridgehead atoms. The van der Waals surface area contributed by atoms with Crippen LogP contribution in [-0.2, 0) is 4.79 Å². The number of aliphatic hydroxyl groups is 1. The summed E-state index contributed by atoms with van der Waals surface area (Å²) < 4.78 is 0. The Bertz CT molecular complexity index is 253. The number of hydrogen-bond acceptors (Lipinski definition) is 2. The van der Waals surface area contributed by atoms with Gasteiger partial charge in [-0.1, -0.05) is 26.0 Å². The Morgan fingerprint density at radius 3 is 2.59 bits per heavy atom. The minimum absolute atomic E-state index is 0.142. The maximum absolute atomic E-state index is 11.8. The summed E-state index contributed by atoms with van der Waals surface area (Å²) in [6, 6.07) is 0. The monoisotopic (exact) mass is 239 g/mol. The molecule has 0 radical (unpaired) electrons. The van der Waals surface area contributed by atoms with Crippen LogP contribution in [0.1, 0.15) is 39.5 Å². The van der Waals surface area contributed by atoms with Gasteiger partial charge in [-0.05, 0) is 37.5 Å². The van der Waals surface area contributed by atoms with Crippen molar-refractivity contribution in [1.82, 2.24) is 5.32 Å². The van der Waals surface area contributed by atoms with E-state index >= 15 is 0 Å². The molecule has 0 saturated heterocycles. The van der Waals surface area contributed by atoms with Crippen LogP contribution in [0, 0.1) is 17.8 Å². The molecule has 0 aromatic heterocycles. The lowest BCUT2D eigenvalue weighted by molar-refractivity contribution is -0.124. The summed E-state index contributed by atoms with van der Waals surface area (Å²) in [7, 11) is 0. The summed E-state index contributed by atoms with van der Waals surface area (Å²) >= 11 is 0. The summed E-state index contributed by atoms with van der Waals surface area (Å²) in [5, 5.41) is 12.0. The number of amides is 1. The topological polar surface area (TPSA) is 49.3 Å². The molecule has 1 amide bonds. The summed E-state index contributed by atoms with van der Waals surface area (Å²) in [6.07, 6.45) is 7.74. The van der Waals surface area contributed by atoms with E-state index in [2.05, 4.69) is 31.3 Å². The largest absolute Gasteiger partial charge is 0.396 e. The molecule has 0 spiro atoms. The molecule has 3 nitrogen and oxygen atoms in total. The lowest BCUT2D eigenvalue weighted by Crippen LogP contribution is -2.34. The van der Waals surface area contributed by atoms with Crippen LogP contribution in [0.25, 0.3) is 0 Å². The molecule has 0 fully saturated rings. The molecule has 0 heterocycles. The second-order valence-corrected chi connectivity index (χ2v) is 5.39. The number of carbonyl (C=O) groups excluding carboxylic acids is 1. The van der Waals surface area contributed by atoms with Crippen LogP contribution in [-0.4, -0.2) is 24.2 Å². The number of nitrogens with one attached hydrogen (secondary N) is 1. The molecule has 98 valence electrons. The minimum Gasteiger partial charge on any atom is -0.396 e. The van der Waals surface area contributed by atoms with Crippen LogP contribution in [0.4, 0.5) is 0 Å². The van der Waals surface area contributed by atoms with Crippen LogP contribution >= 0.6 is 0 Å². The van der Waals surface area contributed by atoms with Crippen LogP contribution in [0.3, 0.4) is 0 Å². The Hall–Kier alpha value is -0.830. The normalized spacial score (nSPS) is 17.6. The highest BCUT2D eigenvalue weighted by Gasteiger charge is 2.20.